The highest BCUT2D eigenvalue weighted by Crippen LogP contribution is 2.24. The number of thiazole rings is 1. The van der Waals surface area contributed by atoms with Gasteiger partial charge >= 0.3 is 11.9 Å². The number of hydrogen-bond acceptors (Lipinski definition) is 5. The fourth-order valence-electron chi connectivity index (χ4n) is 0.689. The average Bonchev–Trinajstić information content (AvgIpc) is 2.62. The number of rotatable bonds is 5. The lowest BCUT2D eigenvalue weighted by molar-refractivity contribution is -0.140. The zero-order valence-corrected chi connectivity index (χ0v) is 9.47. The van der Waals surface area contributed by atoms with Crippen LogP contribution >= 0.6 is 23.1 Å². The van der Waals surface area contributed by atoms with Crippen molar-refractivity contribution in [2.24, 2.45) is 5.92 Å². The smallest absolute Gasteiger partial charge is 0.355 e. The van der Waals surface area contributed by atoms with Crippen molar-refractivity contribution in [2.75, 3.05) is 5.75 Å². The van der Waals surface area contributed by atoms with Gasteiger partial charge in [-0.1, -0.05) is 18.7 Å². The van der Waals surface area contributed by atoms with Crippen LogP contribution in [0.4, 0.5) is 0 Å². The summed E-state index contributed by atoms with van der Waals surface area (Å²) in [7, 11) is 0. The minimum absolute atomic E-state index is 0.00507. The molecule has 0 bridgehead atoms. The van der Waals surface area contributed by atoms with Crippen LogP contribution in [0.1, 0.15) is 17.4 Å². The number of carboxylic acids is 2. The summed E-state index contributed by atoms with van der Waals surface area (Å²) >= 11 is 2.47. The van der Waals surface area contributed by atoms with Gasteiger partial charge in [-0.25, -0.2) is 9.78 Å². The second kappa shape index (κ2) is 5.13. The van der Waals surface area contributed by atoms with Crippen molar-refractivity contribution in [3.63, 3.8) is 0 Å². The number of carboxylic acid groups (broad SMARTS) is 2. The quantitative estimate of drug-likeness (QED) is 0.769. The minimum Gasteiger partial charge on any atom is -0.481 e. The molecule has 0 amide bonds. The lowest BCUT2D eigenvalue weighted by atomic mass is 10.2. The first-order valence-corrected chi connectivity index (χ1v) is 5.91. The van der Waals surface area contributed by atoms with Gasteiger partial charge in [0.25, 0.3) is 0 Å². The van der Waals surface area contributed by atoms with E-state index in [1.807, 2.05) is 0 Å². The fourth-order valence-corrected chi connectivity index (χ4v) is 2.53. The Morgan fingerprint density at radius 2 is 2.27 bits per heavy atom. The Bertz CT molecular complexity index is 376. The summed E-state index contributed by atoms with van der Waals surface area (Å²) in [5.74, 6) is -2.00. The molecule has 7 heteroatoms. The standard InChI is InChI=1S/C8H9NO4S2/c1-4(6(10)11)2-14-8-9-5(3-15-8)7(12)13/h3-4H,2H2,1H3,(H,10,11)(H,12,13). The molecule has 1 unspecified atom stereocenters. The first kappa shape index (κ1) is 12.0. The van der Waals surface area contributed by atoms with Crippen LogP contribution in [0.25, 0.3) is 0 Å². The van der Waals surface area contributed by atoms with Crippen molar-refractivity contribution in [3.8, 4) is 0 Å². The van der Waals surface area contributed by atoms with Gasteiger partial charge in [0.15, 0.2) is 10.0 Å². The number of carbonyl (C=O) groups is 2. The van der Waals surface area contributed by atoms with Crippen LogP contribution in [0.2, 0.25) is 0 Å². The molecule has 1 aromatic heterocycles. The molecule has 0 saturated carbocycles. The Labute approximate surface area is 94.2 Å². The van der Waals surface area contributed by atoms with E-state index in [0.717, 1.165) is 0 Å². The number of nitrogens with zero attached hydrogens (tertiary/aromatic N) is 1. The molecule has 1 atom stereocenters. The van der Waals surface area contributed by atoms with Crippen LogP contribution in [0.3, 0.4) is 0 Å². The molecule has 1 rings (SSSR count). The Morgan fingerprint density at radius 1 is 1.60 bits per heavy atom. The van der Waals surface area contributed by atoms with Crippen LogP contribution in [0.15, 0.2) is 9.72 Å². The molecule has 5 nitrogen and oxygen atoms in total. The van der Waals surface area contributed by atoms with Gasteiger partial charge < -0.3 is 10.2 Å². The topological polar surface area (TPSA) is 87.5 Å². The summed E-state index contributed by atoms with van der Waals surface area (Å²) in [6, 6.07) is 0. The molecule has 0 radical (unpaired) electrons. The molecule has 82 valence electrons. The van der Waals surface area contributed by atoms with E-state index in [4.69, 9.17) is 10.2 Å². The molecule has 0 aliphatic carbocycles. The molecule has 0 saturated heterocycles. The van der Waals surface area contributed by atoms with Gasteiger partial charge in [0.2, 0.25) is 0 Å². The first-order valence-electron chi connectivity index (χ1n) is 4.05. The van der Waals surface area contributed by atoms with Crippen LogP contribution < -0.4 is 0 Å². The van der Waals surface area contributed by atoms with Crippen molar-refractivity contribution in [1.29, 1.82) is 0 Å². The fraction of sp³-hybridized carbons (Fsp3) is 0.375. The summed E-state index contributed by atoms with van der Waals surface area (Å²) < 4.78 is 0.584. The summed E-state index contributed by atoms with van der Waals surface area (Å²) in [5.41, 5.74) is 0.00507. The van der Waals surface area contributed by atoms with Gasteiger partial charge in [-0.2, -0.15) is 0 Å². The molecule has 0 aliphatic rings. The van der Waals surface area contributed by atoms with E-state index in [1.54, 1.807) is 6.92 Å². The van der Waals surface area contributed by atoms with Gasteiger partial charge in [0, 0.05) is 11.1 Å². The second-order valence-electron chi connectivity index (χ2n) is 2.85. The monoisotopic (exact) mass is 247 g/mol. The predicted octanol–water partition coefficient (Wildman–Crippen LogP) is 1.65. The number of aromatic nitrogens is 1. The zero-order valence-electron chi connectivity index (χ0n) is 7.84. The molecular weight excluding hydrogens is 238 g/mol. The molecule has 0 fully saturated rings. The number of thioether (sulfide) groups is 1. The zero-order chi connectivity index (χ0) is 11.4. The molecule has 0 spiro atoms. The Kier molecular flexibility index (Phi) is 4.10. The third kappa shape index (κ3) is 3.52. The van der Waals surface area contributed by atoms with Crippen LogP contribution in [0.5, 0.6) is 0 Å². The van der Waals surface area contributed by atoms with Crippen molar-refractivity contribution in [3.05, 3.63) is 11.1 Å². The van der Waals surface area contributed by atoms with Crippen molar-refractivity contribution < 1.29 is 19.8 Å². The Balaban J connectivity index is 2.51. The maximum Gasteiger partial charge on any atom is 0.355 e. The predicted molar refractivity (Wildman–Crippen MR) is 56.6 cm³/mol. The Hall–Kier alpha value is -1.08. The van der Waals surface area contributed by atoms with Crippen molar-refractivity contribution in [1.82, 2.24) is 4.98 Å². The third-order valence-electron chi connectivity index (χ3n) is 1.58. The molecule has 1 aromatic rings. The molecule has 0 aromatic carbocycles. The van der Waals surface area contributed by atoms with Crippen LogP contribution in [-0.2, 0) is 4.79 Å². The lowest BCUT2D eigenvalue weighted by Gasteiger charge is -2.02. The first-order chi connectivity index (χ1) is 7.00. The number of aliphatic carboxylic acids is 1. The second-order valence-corrected chi connectivity index (χ2v) is 4.98. The van der Waals surface area contributed by atoms with E-state index in [2.05, 4.69) is 4.98 Å². The van der Waals surface area contributed by atoms with E-state index in [9.17, 15) is 9.59 Å². The van der Waals surface area contributed by atoms with Crippen LogP contribution in [-0.4, -0.2) is 32.9 Å². The van der Waals surface area contributed by atoms with Crippen molar-refractivity contribution in [2.45, 2.75) is 11.3 Å². The van der Waals surface area contributed by atoms with Gasteiger partial charge in [0.1, 0.15) is 0 Å². The highest BCUT2D eigenvalue weighted by Gasteiger charge is 2.14. The molecule has 2 N–H and O–H groups in total. The molecule has 0 aliphatic heterocycles. The van der Waals surface area contributed by atoms with Gasteiger partial charge in [-0.05, 0) is 0 Å². The SMILES string of the molecule is CC(CSc1nc(C(=O)O)cs1)C(=O)O. The van der Waals surface area contributed by atoms with Gasteiger partial charge in [0.05, 0.1) is 5.92 Å². The number of aromatic carboxylic acids is 1. The summed E-state index contributed by atoms with van der Waals surface area (Å²) in [6.45, 7) is 1.60. The van der Waals surface area contributed by atoms with E-state index in [-0.39, 0.29) is 5.69 Å². The van der Waals surface area contributed by atoms with Crippen molar-refractivity contribution >= 4 is 35.0 Å². The normalized spacial score (nSPS) is 12.3. The van der Waals surface area contributed by atoms with E-state index in [1.165, 1.54) is 28.5 Å². The summed E-state index contributed by atoms with van der Waals surface area (Å²) in [6.07, 6.45) is 0. The lowest BCUT2D eigenvalue weighted by Crippen LogP contribution is -2.11. The highest BCUT2D eigenvalue weighted by molar-refractivity contribution is 8.01. The molecule has 15 heavy (non-hydrogen) atoms. The highest BCUT2D eigenvalue weighted by atomic mass is 32.2. The minimum atomic E-state index is -1.07. The molecule has 1 heterocycles. The molecular formula is C8H9NO4S2. The van der Waals surface area contributed by atoms with E-state index in [0.29, 0.717) is 10.1 Å². The van der Waals surface area contributed by atoms with Gasteiger partial charge in [-0.15, -0.1) is 11.3 Å². The summed E-state index contributed by atoms with van der Waals surface area (Å²) in [4.78, 5) is 24.8. The maximum atomic E-state index is 10.5. The number of hydrogen-bond donors (Lipinski definition) is 2. The third-order valence-corrected chi connectivity index (χ3v) is 3.86. The van der Waals surface area contributed by atoms with E-state index >= 15 is 0 Å². The van der Waals surface area contributed by atoms with Crippen LogP contribution in [0, 0.1) is 5.92 Å². The largest absolute Gasteiger partial charge is 0.481 e. The van der Waals surface area contributed by atoms with Gasteiger partial charge in [-0.3, -0.25) is 4.79 Å². The van der Waals surface area contributed by atoms with E-state index < -0.39 is 17.9 Å². The Morgan fingerprint density at radius 3 is 2.73 bits per heavy atom. The average molecular weight is 247 g/mol. The summed E-state index contributed by atoms with van der Waals surface area (Å²) in [5, 5.41) is 18.7. The maximum absolute atomic E-state index is 10.5.